The quantitative estimate of drug-likeness (QED) is 0.222. The van der Waals surface area contributed by atoms with E-state index in [1.807, 2.05) is 43.5 Å². The molecular formula is C32H26F2N4O. The zero-order chi connectivity index (χ0) is 26.9. The average Bonchev–Trinajstić information content (AvgIpc) is 3.54. The highest BCUT2D eigenvalue weighted by Crippen LogP contribution is 2.34. The Morgan fingerprint density at radius 2 is 1.87 bits per heavy atom. The van der Waals surface area contributed by atoms with Crippen molar-refractivity contribution in [2.24, 2.45) is 0 Å². The fourth-order valence-electron chi connectivity index (χ4n) is 5.41. The molecule has 194 valence electrons. The Hall–Kier alpha value is -4.65. The number of aromatic nitrogens is 4. The Labute approximate surface area is 224 Å². The SMILES string of the molecule is Cc1cc(F)cc(C[C@H](CC(=O)Cc2c[nH]c3ccc(F)cc23)c2ncccc2-c2cnc3[nH]ccc3c2)c1. The highest BCUT2D eigenvalue weighted by atomic mass is 19.1. The summed E-state index contributed by atoms with van der Waals surface area (Å²) in [7, 11) is 0. The number of carbonyl (C=O) groups excluding carboxylic acids is 1. The molecule has 0 radical (unpaired) electrons. The highest BCUT2D eigenvalue weighted by Gasteiger charge is 2.23. The normalized spacial score (nSPS) is 12.3. The van der Waals surface area contributed by atoms with Crippen LogP contribution >= 0.6 is 0 Å². The van der Waals surface area contributed by atoms with Crippen LogP contribution in [0, 0.1) is 18.6 Å². The lowest BCUT2D eigenvalue weighted by atomic mass is 9.86. The van der Waals surface area contributed by atoms with Crippen LogP contribution in [0.25, 0.3) is 33.1 Å². The summed E-state index contributed by atoms with van der Waals surface area (Å²) in [5, 5.41) is 1.67. The third-order valence-electron chi connectivity index (χ3n) is 7.11. The molecule has 0 saturated carbocycles. The number of carbonyl (C=O) groups is 1. The third kappa shape index (κ3) is 5.21. The van der Waals surface area contributed by atoms with Gasteiger partial charge in [-0.05, 0) is 78.6 Å². The number of halogens is 2. The lowest BCUT2D eigenvalue weighted by molar-refractivity contribution is -0.118. The summed E-state index contributed by atoms with van der Waals surface area (Å²) in [6.07, 6.45) is 7.91. The number of hydrogen-bond acceptors (Lipinski definition) is 3. The molecular weight excluding hydrogens is 494 g/mol. The summed E-state index contributed by atoms with van der Waals surface area (Å²) >= 11 is 0. The van der Waals surface area contributed by atoms with Gasteiger partial charge in [0.05, 0.1) is 5.69 Å². The van der Waals surface area contributed by atoms with Gasteiger partial charge < -0.3 is 9.97 Å². The summed E-state index contributed by atoms with van der Waals surface area (Å²) in [5.74, 6) is -0.964. The fraction of sp³-hybridized carbons (Fsp3) is 0.156. The Bertz CT molecular complexity index is 1800. The second kappa shape index (κ2) is 10.3. The van der Waals surface area contributed by atoms with Gasteiger partial charge in [-0.3, -0.25) is 9.78 Å². The second-order valence-corrected chi connectivity index (χ2v) is 10.0. The van der Waals surface area contributed by atoms with Crippen molar-refractivity contribution in [3.63, 3.8) is 0 Å². The van der Waals surface area contributed by atoms with Crippen LogP contribution in [0.2, 0.25) is 0 Å². The number of H-pyrrole nitrogens is 2. The number of benzene rings is 2. The molecule has 2 aromatic carbocycles. The lowest BCUT2D eigenvalue weighted by Gasteiger charge is -2.20. The number of hydrogen-bond donors (Lipinski definition) is 2. The highest BCUT2D eigenvalue weighted by molar-refractivity contribution is 5.90. The van der Waals surface area contributed by atoms with Gasteiger partial charge in [0.25, 0.3) is 0 Å². The number of nitrogens with one attached hydrogen (secondary N) is 2. The molecule has 1 atom stereocenters. The van der Waals surface area contributed by atoms with E-state index in [1.54, 1.807) is 24.7 Å². The van der Waals surface area contributed by atoms with Crippen LogP contribution < -0.4 is 0 Å². The van der Waals surface area contributed by atoms with Crippen LogP contribution in [0.5, 0.6) is 0 Å². The van der Waals surface area contributed by atoms with E-state index in [0.29, 0.717) is 11.8 Å². The first-order valence-electron chi connectivity index (χ1n) is 12.8. The molecule has 0 aliphatic carbocycles. The van der Waals surface area contributed by atoms with E-state index >= 15 is 0 Å². The van der Waals surface area contributed by atoms with E-state index < -0.39 is 0 Å². The van der Waals surface area contributed by atoms with Crippen molar-refractivity contribution in [1.82, 2.24) is 19.9 Å². The van der Waals surface area contributed by atoms with Crippen LogP contribution in [0.3, 0.4) is 0 Å². The molecule has 0 aliphatic rings. The van der Waals surface area contributed by atoms with Crippen LogP contribution in [0.15, 0.2) is 85.5 Å². The Morgan fingerprint density at radius 3 is 2.74 bits per heavy atom. The van der Waals surface area contributed by atoms with Crippen molar-refractivity contribution in [2.75, 3.05) is 0 Å². The van der Waals surface area contributed by atoms with Gasteiger partial charge in [0.15, 0.2) is 0 Å². The molecule has 2 N–H and O–H groups in total. The standard InChI is InChI=1S/C32H26F2N4O/c1-19-9-20(12-26(34)10-19)11-22(14-27(39)15-24-17-37-30-5-4-25(33)16-29(24)30)31-28(3-2-7-35-31)23-13-21-6-8-36-32(21)38-18-23/h2-10,12-13,16-18,22,37H,11,14-15H2,1H3,(H,36,38)/t22-/m1/s1. The van der Waals surface area contributed by atoms with E-state index in [4.69, 9.17) is 4.98 Å². The molecule has 6 rings (SSSR count). The first-order valence-corrected chi connectivity index (χ1v) is 12.8. The molecule has 0 spiro atoms. The number of nitrogens with zero attached hydrogens (tertiary/aromatic N) is 2. The first-order chi connectivity index (χ1) is 18.9. The van der Waals surface area contributed by atoms with Crippen LogP contribution in [0.4, 0.5) is 8.78 Å². The molecule has 39 heavy (non-hydrogen) atoms. The number of aromatic amines is 2. The summed E-state index contributed by atoms with van der Waals surface area (Å²) in [5.41, 5.74) is 6.48. The number of Topliss-reactive ketones (excluding diaryl/α,β-unsaturated/α-hetero) is 1. The van der Waals surface area contributed by atoms with Crippen molar-refractivity contribution in [2.45, 2.75) is 32.1 Å². The molecule has 0 saturated heterocycles. The zero-order valence-electron chi connectivity index (χ0n) is 21.3. The number of aryl methyl sites for hydroxylation is 1. The molecule has 0 aliphatic heterocycles. The smallest absolute Gasteiger partial charge is 0.138 e. The van der Waals surface area contributed by atoms with Crippen molar-refractivity contribution >= 4 is 27.7 Å². The molecule has 7 heteroatoms. The van der Waals surface area contributed by atoms with Crippen molar-refractivity contribution in [3.05, 3.63) is 119 Å². The van der Waals surface area contributed by atoms with Gasteiger partial charge in [0.1, 0.15) is 23.1 Å². The van der Waals surface area contributed by atoms with Gasteiger partial charge in [0.2, 0.25) is 0 Å². The van der Waals surface area contributed by atoms with E-state index in [-0.39, 0.29) is 36.2 Å². The summed E-state index contributed by atoms with van der Waals surface area (Å²) in [6, 6.07) is 17.3. The van der Waals surface area contributed by atoms with Gasteiger partial charge in [-0.2, -0.15) is 0 Å². The number of rotatable bonds is 8. The van der Waals surface area contributed by atoms with Crippen molar-refractivity contribution < 1.29 is 13.6 Å². The number of fused-ring (bicyclic) bond motifs is 2. The van der Waals surface area contributed by atoms with Gasteiger partial charge in [0, 0.05) is 71.0 Å². The van der Waals surface area contributed by atoms with E-state index in [9.17, 15) is 13.6 Å². The third-order valence-corrected chi connectivity index (χ3v) is 7.11. The maximum Gasteiger partial charge on any atom is 0.138 e. The van der Waals surface area contributed by atoms with Crippen LogP contribution in [0.1, 0.15) is 34.7 Å². The average molecular weight is 521 g/mol. The fourth-order valence-corrected chi connectivity index (χ4v) is 5.41. The predicted octanol–water partition coefficient (Wildman–Crippen LogP) is 7.22. The first kappa shape index (κ1) is 24.7. The Kier molecular flexibility index (Phi) is 6.49. The number of ketones is 1. The van der Waals surface area contributed by atoms with Crippen LogP contribution in [-0.4, -0.2) is 25.7 Å². The maximum atomic E-state index is 14.3. The molecule has 4 aromatic heterocycles. The molecule has 0 bridgehead atoms. The second-order valence-electron chi connectivity index (χ2n) is 10.0. The van der Waals surface area contributed by atoms with Gasteiger partial charge in [-0.25, -0.2) is 13.8 Å². The molecule has 6 aromatic rings. The van der Waals surface area contributed by atoms with Crippen molar-refractivity contribution in [3.8, 4) is 11.1 Å². The molecule has 0 unspecified atom stereocenters. The molecule has 0 amide bonds. The van der Waals surface area contributed by atoms with Gasteiger partial charge in [-0.15, -0.1) is 0 Å². The van der Waals surface area contributed by atoms with Crippen LogP contribution in [-0.2, 0) is 17.6 Å². The topological polar surface area (TPSA) is 74.4 Å². The molecule has 0 fully saturated rings. The van der Waals surface area contributed by atoms with E-state index in [2.05, 4.69) is 15.0 Å². The monoisotopic (exact) mass is 520 g/mol. The largest absolute Gasteiger partial charge is 0.361 e. The van der Waals surface area contributed by atoms with E-state index in [1.165, 1.54) is 24.3 Å². The van der Waals surface area contributed by atoms with Crippen molar-refractivity contribution in [1.29, 1.82) is 0 Å². The Balaban J connectivity index is 1.37. The molecule has 5 nitrogen and oxygen atoms in total. The maximum absolute atomic E-state index is 14.3. The lowest BCUT2D eigenvalue weighted by Crippen LogP contribution is -2.14. The van der Waals surface area contributed by atoms with Gasteiger partial charge in [-0.1, -0.05) is 12.1 Å². The molecule has 4 heterocycles. The zero-order valence-corrected chi connectivity index (χ0v) is 21.3. The summed E-state index contributed by atoms with van der Waals surface area (Å²) < 4.78 is 28.2. The minimum atomic E-state index is -0.346. The minimum absolute atomic E-state index is 0.00546. The van der Waals surface area contributed by atoms with E-state index in [0.717, 1.165) is 50.1 Å². The minimum Gasteiger partial charge on any atom is -0.361 e. The summed E-state index contributed by atoms with van der Waals surface area (Å²) in [4.78, 5) is 29.0. The predicted molar refractivity (Wildman–Crippen MR) is 148 cm³/mol. The summed E-state index contributed by atoms with van der Waals surface area (Å²) in [6.45, 7) is 1.85. The number of pyridine rings is 2. The Morgan fingerprint density at radius 1 is 0.974 bits per heavy atom. The van der Waals surface area contributed by atoms with Gasteiger partial charge >= 0.3 is 0 Å².